The van der Waals surface area contributed by atoms with Crippen molar-refractivity contribution in [3.8, 4) is 11.8 Å². The fourth-order valence-corrected chi connectivity index (χ4v) is 3.75. The summed E-state index contributed by atoms with van der Waals surface area (Å²) in [6, 6.07) is 1.79. The van der Waals surface area contributed by atoms with Crippen LogP contribution in [-0.4, -0.2) is 22.7 Å². The fourth-order valence-electron chi connectivity index (χ4n) is 2.83. The van der Waals surface area contributed by atoms with Crippen LogP contribution in [0.4, 0.5) is 0 Å². The van der Waals surface area contributed by atoms with E-state index in [4.69, 9.17) is 5.11 Å². The Morgan fingerprint density at radius 3 is 2.46 bits per heavy atom. The number of hydrogen-bond donors (Lipinski definition) is 3. The van der Waals surface area contributed by atoms with Gasteiger partial charge in [-0.2, -0.15) is 0 Å². The zero-order chi connectivity index (χ0) is 19.3. The average molecular weight is 380 g/mol. The largest absolute Gasteiger partial charge is 0.396 e. The van der Waals surface area contributed by atoms with Gasteiger partial charge in [0.15, 0.2) is 5.72 Å². The molecule has 5 heteroatoms. The van der Waals surface area contributed by atoms with Crippen molar-refractivity contribution in [1.82, 2.24) is 5.32 Å². The highest BCUT2D eigenvalue weighted by atomic mass is 32.1. The van der Waals surface area contributed by atoms with E-state index in [0.717, 1.165) is 18.4 Å². The minimum Gasteiger partial charge on any atom is -0.396 e. The van der Waals surface area contributed by atoms with Gasteiger partial charge in [0, 0.05) is 37.3 Å². The molecule has 0 aliphatic heterocycles. The molecule has 1 atom stereocenters. The van der Waals surface area contributed by atoms with Crippen LogP contribution in [-0.2, 0) is 10.5 Å². The predicted molar refractivity (Wildman–Crippen MR) is 108 cm³/mol. The van der Waals surface area contributed by atoms with E-state index >= 15 is 0 Å². The third-order valence-corrected chi connectivity index (χ3v) is 5.33. The first kappa shape index (κ1) is 22.7. The second-order valence-electron chi connectivity index (χ2n) is 6.74. The summed E-state index contributed by atoms with van der Waals surface area (Å²) in [6.07, 6.45) is 11.3. The molecule has 0 saturated heterocycles. The number of aliphatic hydroxyl groups is 2. The molecule has 0 spiro atoms. The summed E-state index contributed by atoms with van der Waals surface area (Å²) in [5.41, 5.74) is -0.686. The number of carbonyl (C=O) groups excluding carboxylic acids is 1. The molecule has 26 heavy (non-hydrogen) atoms. The number of thiophene rings is 1. The first-order chi connectivity index (χ1) is 12.5. The van der Waals surface area contributed by atoms with Crippen LogP contribution in [0, 0.1) is 11.8 Å². The van der Waals surface area contributed by atoms with Crippen LogP contribution in [0.2, 0.25) is 0 Å². The minimum atomic E-state index is -1.52. The number of aliphatic hydroxyl groups excluding tert-OH is 1. The second kappa shape index (κ2) is 12.9. The quantitative estimate of drug-likeness (QED) is 0.288. The van der Waals surface area contributed by atoms with Crippen molar-refractivity contribution in [2.24, 2.45) is 0 Å². The van der Waals surface area contributed by atoms with Gasteiger partial charge in [-0.1, -0.05) is 63.7 Å². The van der Waals surface area contributed by atoms with Crippen molar-refractivity contribution >= 4 is 17.2 Å². The summed E-state index contributed by atoms with van der Waals surface area (Å²) in [7, 11) is 0. The maximum atomic E-state index is 11.3. The molecule has 0 saturated carbocycles. The van der Waals surface area contributed by atoms with Crippen molar-refractivity contribution in [3.63, 3.8) is 0 Å². The smallest absolute Gasteiger partial charge is 0.219 e. The van der Waals surface area contributed by atoms with Crippen LogP contribution >= 0.6 is 11.3 Å². The van der Waals surface area contributed by atoms with Crippen LogP contribution in [0.5, 0.6) is 0 Å². The first-order valence-electron chi connectivity index (χ1n) is 9.71. The molecule has 1 aromatic heterocycles. The number of amides is 1. The molecule has 0 aromatic carbocycles. The maximum absolute atomic E-state index is 11.3. The van der Waals surface area contributed by atoms with Gasteiger partial charge in [-0.05, 0) is 12.5 Å². The van der Waals surface area contributed by atoms with E-state index in [2.05, 4.69) is 24.1 Å². The summed E-state index contributed by atoms with van der Waals surface area (Å²) in [5, 5.41) is 24.1. The molecule has 1 amide bonds. The molecule has 0 bridgehead atoms. The van der Waals surface area contributed by atoms with Gasteiger partial charge in [0.2, 0.25) is 5.91 Å². The molecule has 1 heterocycles. The van der Waals surface area contributed by atoms with Crippen molar-refractivity contribution < 1.29 is 15.0 Å². The SMILES string of the molecule is CCCCCCCCCCC#Cc1csc(C(O)(CCO)NC(C)=O)c1. The molecule has 1 unspecified atom stereocenters. The summed E-state index contributed by atoms with van der Waals surface area (Å²) in [5.74, 6) is 5.98. The summed E-state index contributed by atoms with van der Waals surface area (Å²) < 4.78 is 0. The molecular weight excluding hydrogens is 346 g/mol. The van der Waals surface area contributed by atoms with Crippen LogP contribution < -0.4 is 5.32 Å². The third-order valence-electron chi connectivity index (χ3n) is 4.25. The van der Waals surface area contributed by atoms with E-state index in [-0.39, 0.29) is 18.9 Å². The third kappa shape index (κ3) is 8.84. The van der Waals surface area contributed by atoms with Gasteiger partial charge in [-0.3, -0.25) is 4.79 Å². The van der Waals surface area contributed by atoms with Crippen molar-refractivity contribution in [1.29, 1.82) is 0 Å². The highest BCUT2D eigenvalue weighted by Gasteiger charge is 2.31. The fraction of sp³-hybridized carbons (Fsp3) is 0.667. The Kier molecular flexibility index (Phi) is 11.3. The summed E-state index contributed by atoms with van der Waals surface area (Å²) >= 11 is 1.34. The van der Waals surface area contributed by atoms with Gasteiger partial charge < -0.3 is 15.5 Å². The lowest BCUT2D eigenvalue weighted by atomic mass is 10.1. The monoisotopic (exact) mass is 379 g/mol. The Morgan fingerprint density at radius 1 is 1.19 bits per heavy atom. The Labute approximate surface area is 162 Å². The van der Waals surface area contributed by atoms with Crippen LogP contribution in [0.3, 0.4) is 0 Å². The van der Waals surface area contributed by atoms with E-state index in [9.17, 15) is 9.90 Å². The number of rotatable bonds is 12. The number of unbranched alkanes of at least 4 members (excludes halogenated alkanes) is 8. The topological polar surface area (TPSA) is 69.6 Å². The van der Waals surface area contributed by atoms with Gasteiger partial charge in [-0.15, -0.1) is 11.3 Å². The first-order valence-corrected chi connectivity index (χ1v) is 10.6. The Balaban J connectivity index is 2.39. The second-order valence-corrected chi connectivity index (χ2v) is 7.65. The van der Waals surface area contributed by atoms with Crippen molar-refractivity contribution in [2.75, 3.05) is 6.61 Å². The average Bonchev–Trinajstić information content (AvgIpc) is 3.06. The van der Waals surface area contributed by atoms with Gasteiger partial charge in [0.05, 0.1) is 4.88 Å². The van der Waals surface area contributed by atoms with Gasteiger partial charge >= 0.3 is 0 Å². The van der Waals surface area contributed by atoms with Crippen molar-refractivity contribution in [2.45, 2.75) is 83.8 Å². The Morgan fingerprint density at radius 2 is 1.85 bits per heavy atom. The number of carbonyl (C=O) groups is 1. The lowest BCUT2D eigenvalue weighted by molar-refractivity contribution is -0.128. The maximum Gasteiger partial charge on any atom is 0.219 e. The minimum absolute atomic E-state index is 0.0538. The zero-order valence-corrected chi connectivity index (χ0v) is 17.0. The molecule has 0 fully saturated rings. The van der Waals surface area contributed by atoms with E-state index in [1.807, 2.05) is 5.38 Å². The number of nitrogens with one attached hydrogen (secondary N) is 1. The molecule has 0 radical (unpaired) electrons. The van der Waals surface area contributed by atoms with E-state index < -0.39 is 5.72 Å². The molecule has 0 aliphatic carbocycles. The molecule has 0 aliphatic rings. The lowest BCUT2D eigenvalue weighted by Crippen LogP contribution is -2.45. The normalized spacial score (nSPS) is 12.9. The zero-order valence-electron chi connectivity index (χ0n) is 16.1. The highest BCUT2D eigenvalue weighted by Crippen LogP contribution is 2.28. The molecule has 1 rings (SSSR count). The molecule has 4 nitrogen and oxygen atoms in total. The predicted octanol–water partition coefficient (Wildman–Crippen LogP) is 4.29. The molecule has 3 N–H and O–H groups in total. The standard InChI is InChI=1S/C21H33NO3S/c1-3-4-5-6-7-8-9-10-11-12-13-19-16-20(26-17-19)21(25,14-15-23)22-18(2)24/h16-17,23,25H,3-11,14-15H2,1-2H3,(H,22,24). The summed E-state index contributed by atoms with van der Waals surface area (Å²) in [6.45, 7) is 3.37. The Hall–Kier alpha value is -1.35. The lowest BCUT2D eigenvalue weighted by Gasteiger charge is -2.26. The van der Waals surface area contributed by atoms with Gasteiger partial charge in [-0.25, -0.2) is 0 Å². The Bertz CT molecular complexity index is 588. The van der Waals surface area contributed by atoms with Gasteiger partial charge in [0.1, 0.15) is 0 Å². The van der Waals surface area contributed by atoms with E-state index in [1.54, 1.807) is 6.07 Å². The van der Waals surface area contributed by atoms with Crippen LogP contribution in [0.15, 0.2) is 11.4 Å². The number of hydrogen-bond acceptors (Lipinski definition) is 4. The van der Waals surface area contributed by atoms with E-state index in [0.29, 0.717) is 4.88 Å². The molecule has 1 aromatic rings. The summed E-state index contributed by atoms with van der Waals surface area (Å²) in [4.78, 5) is 11.9. The van der Waals surface area contributed by atoms with Crippen molar-refractivity contribution in [3.05, 3.63) is 21.9 Å². The molecular formula is C21H33NO3S. The molecule has 146 valence electrons. The highest BCUT2D eigenvalue weighted by molar-refractivity contribution is 7.10. The van der Waals surface area contributed by atoms with Crippen LogP contribution in [0.1, 0.15) is 88.5 Å². The van der Waals surface area contributed by atoms with Crippen LogP contribution in [0.25, 0.3) is 0 Å². The van der Waals surface area contributed by atoms with Gasteiger partial charge in [0.25, 0.3) is 0 Å². The van der Waals surface area contributed by atoms with E-state index in [1.165, 1.54) is 63.2 Å².